The minimum atomic E-state index is -0.464. The van der Waals surface area contributed by atoms with Crippen LogP contribution in [0.1, 0.15) is 43.7 Å². The molecule has 1 aliphatic heterocycles. The first-order valence-electron chi connectivity index (χ1n) is 7.71. The van der Waals surface area contributed by atoms with Crippen LogP contribution in [0.2, 0.25) is 0 Å². The molecule has 0 spiro atoms. The summed E-state index contributed by atoms with van der Waals surface area (Å²) in [4.78, 5) is 16.6. The molecule has 1 aliphatic rings. The van der Waals surface area contributed by atoms with E-state index in [2.05, 4.69) is 4.98 Å². The van der Waals surface area contributed by atoms with Crippen LogP contribution in [0.4, 0.5) is 0 Å². The molecule has 5 heteroatoms. The summed E-state index contributed by atoms with van der Waals surface area (Å²) < 4.78 is 12.0. The summed E-state index contributed by atoms with van der Waals surface area (Å²) in [6.07, 6.45) is 1.65. The lowest BCUT2D eigenvalue weighted by Gasteiger charge is -2.32. The number of benzene rings is 1. The van der Waals surface area contributed by atoms with Crippen LogP contribution in [0.15, 0.2) is 48.7 Å². The third kappa shape index (κ3) is 2.94. The summed E-state index contributed by atoms with van der Waals surface area (Å²) in [5.74, 6) is -0.0916. The second kappa shape index (κ2) is 5.58. The van der Waals surface area contributed by atoms with E-state index in [0.29, 0.717) is 11.3 Å². The van der Waals surface area contributed by atoms with Crippen molar-refractivity contribution in [3.05, 3.63) is 59.9 Å². The van der Waals surface area contributed by atoms with Gasteiger partial charge < -0.3 is 9.31 Å². The van der Waals surface area contributed by atoms with Crippen LogP contribution >= 0.6 is 0 Å². The second-order valence-corrected chi connectivity index (χ2v) is 6.76. The molecule has 118 valence electrons. The Balaban J connectivity index is 1.80. The van der Waals surface area contributed by atoms with Crippen LogP contribution in [0.25, 0.3) is 0 Å². The molecule has 0 N–H and O–H groups in total. The quantitative estimate of drug-likeness (QED) is 0.646. The molecule has 4 nitrogen and oxygen atoms in total. The van der Waals surface area contributed by atoms with Gasteiger partial charge in [-0.3, -0.25) is 9.78 Å². The van der Waals surface area contributed by atoms with Gasteiger partial charge in [0.15, 0.2) is 0 Å². The SMILES string of the molecule is CC1(C)OB(c2ccc(C(=O)c3ccccc3)nc2)OC1(C)C. The van der Waals surface area contributed by atoms with Crippen molar-refractivity contribution in [1.29, 1.82) is 0 Å². The van der Waals surface area contributed by atoms with Gasteiger partial charge in [0.2, 0.25) is 5.78 Å². The number of pyridine rings is 1. The molecule has 23 heavy (non-hydrogen) atoms. The summed E-state index contributed by atoms with van der Waals surface area (Å²) in [5, 5.41) is 0. The summed E-state index contributed by atoms with van der Waals surface area (Å²) in [7, 11) is -0.464. The van der Waals surface area contributed by atoms with Gasteiger partial charge >= 0.3 is 7.12 Å². The third-order valence-corrected chi connectivity index (χ3v) is 4.58. The first-order chi connectivity index (χ1) is 10.8. The third-order valence-electron chi connectivity index (χ3n) is 4.58. The minimum absolute atomic E-state index is 0.0916. The summed E-state index contributed by atoms with van der Waals surface area (Å²) in [6, 6.07) is 12.7. The molecule has 0 unspecified atom stereocenters. The van der Waals surface area contributed by atoms with Crippen LogP contribution in [0, 0.1) is 0 Å². The average Bonchev–Trinajstić information content (AvgIpc) is 2.76. The van der Waals surface area contributed by atoms with Gasteiger partial charge in [0.1, 0.15) is 5.69 Å². The molecule has 2 heterocycles. The topological polar surface area (TPSA) is 48.4 Å². The van der Waals surface area contributed by atoms with E-state index in [1.165, 1.54) is 0 Å². The Morgan fingerprint density at radius 2 is 1.57 bits per heavy atom. The van der Waals surface area contributed by atoms with Gasteiger partial charge in [-0.25, -0.2) is 0 Å². The molecule has 1 saturated heterocycles. The summed E-state index contributed by atoms with van der Waals surface area (Å²) in [6.45, 7) is 8.03. The Hall–Kier alpha value is -1.98. The fourth-order valence-electron chi connectivity index (χ4n) is 2.40. The highest BCUT2D eigenvalue weighted by atomic mass is 16.7. The largest absolute Gasteiger partial charge is 0.496 e. The van der Waals surface area contributed by atoms with E-state index >= 15 is 0 Å². The number of carbonyl (C=O) groups excluding carboxylic acids is 1. The van der Waals surface area contributed by atoms with E-state index in [1.807, 2.05) is 52.0 Å². The van der Waals surface area contributed by atoms with Gasteiger partial charge in [-0.05, 0) is 33.8 Å². The first-order valence-corrected chi connectivity index (χ1v) is 7.71. The van der Waals surface area contributed by atoms with Crippen LogP contribution in [0.5, 0.6) is 0 Å². The number of hydrogen-bond donors (Lipinski definition) is 0. The summed E-state index contributed by atoms with van der Waals surface area (Å²) in [5.41, 5.74) is 1.07. The maximum Gasteiger partial charge on any atom is 0.496 e. The van der Waals surface area contributed by atoms with E-state index < -0.39 is 18.3 Å². The van der Waals surface area contributed by atoms with E-state index in [-0.39, 0.29) is 5.78 Å². The number of nitrogens with zero attached hydrogens (tertiary/aromatic N) is 1. The molecule has 2 aromatic rings. The van der Waals surface area contributed by atoms with Crippen LogP contribution < -0.4 is 5.46 Å². The predicted octanol–water partition coefficient (Wildman–Crippen LogP) is 2.61. The smallest absolute Gasteiger partial charge is 0.399 e. The normalized spacial score (nSPS) is 18.9. The van der Waals surface area contributed by atoms with Crippen molar-refractivity contribution in [3.8, 4) is 0 Å². The summed E-state index contributed by atoms with van der Waals surface area (Å²) >= 11 is 0. The second-order valence-electron chi connectivity index (χ2n) is 6.76. The molecule has 0 bridgehead atoms. The Morgan fingerprint density at radius 3 is 2.09 bits per heavy atom. The molecule has 1 aromatic heterocycles. The highest BCUT2D eigenvalue weighted by Crippen LogP contribution is 2.36. The van der Waals surface area contributed by atoms with Crippen molar-refractivity contribution in [2.45, 2.75) is 38.9 Å². The molecule has 0 aliphatic carbocycles. The zero-order chi connectivity index (χ0) is 16.7. The van der Waals surface area contributed by atoms with Gasteiger partial charge in [0.05, 0.1) is 11.2 Å². The Morgan fingerprint density at radius 1 is 0.957 bits per heavy atom. The van der Waals surface area contributed by atoms with Crippen molar-refractivity contribution in [2.24, 2.45) is 0 Å². The lowest BCUT2D eigenvalue weighted by molar-refractivity contribution is 0.00578. The maximum absolute atomic E-state index is 12.4. The number of hydrogen-bond acceptors (Lipinski definition) is 4. The average molecular weight is 309 g/mol. The lowest BCUT2D eigenvalue weighted by atomic mass is 9.80. The number of rotatable bonds is 3. The number of ketones is 1. The molecule has 0 amide bonds. The van der Waals surface area contributed by atoms with Crippen molar-refractivity contribution >= 4 is 18.4 Å². The van der Waals surface area contributed by atoms with Gasteiger partial charge in [0, 0.05) is 17.2 Å². The van der Waals surface area contributed by atoms with Gasteiger partial charge in [0.25, 0.3) is 0 Å². The van der Waals surface area contributed by atoms with Gasteiger partial charge in [-0.15, -0.1) is 0 Å². The zero-order valence-electron chi connectivity index (χ0n) is 13.9. The van der Waals surface area contributed by atoms with Crippen molar-refractivity contribution in [3.63, 3.8) is 0 Å². The number of aromatic nitrogens is 1. The molecular weight excluding hydrogens is 289 g/mol. The van der Waals surface area contributed by atoms with Gasteiger partial charge in [-0.1, -0.05) is 36.4 Å². The highest BCUT2D eigenvalue weighted by molar-refractivity contribution is 6.62. The van der Waals surface area contributed by atoms with Crippen LogP contribution in [-0.2, 0) is 9.31 Å². The van der Waals surface area contributed by atoms with Crippen LogP contribution in [0.3, 0.4) is 0 Å². The van der Waals surface area contributed by atoms with E-state index in [0.717, 1.165) is 5.46 Å². The Kier molecular flexibility index (Phi) is 3.86. The van der Waals surface area contributed by atoms with Crippen molar-refractivity contribution in [1.82, 2.24) is 4.98 Å². The molecular formula is C18H20BNO3. The number of carbonyl (C=O) groups is 1. The van der Waals surface area contributed by atoms with Crippen LogP contribution in [-0.4, -0.2) is 29.1 Å². The molecule has 0 saturated carbocycles. The Labute approximate surface area is 137 Å². The predicted molar refractivity (Wildman–Crippen MR) is 89.8 cm³/mol. The minimum Gasteiger partial charge on any atom is -0.399 e. The first kappa shape index (κ1) is 15.9. The van der Waals surface area contributed by atoms with E-state index in [1.54, 1.807) is 24.4 Å². The molecule has 0 atom stereocenters. The molecule has 1 aromatic carbocycles. The van der Waals surface area contributed by atoms with Gasteiger partial charge in [-0.2, -0.15) is 0 Å². The highest BCUT2D eigenvalue weighted by Gasteiger charge is 2.51. The Bertz CT molecular complexity index is 695. The molecule has 3 rings (SSSR count). The van der Waals surface area contributed by atoms with E-state index in [9.17, 15) is 4.79 Å². The fraction of sp³-hybridized carbons (Fsp3) is 0.333. The lowest BCUT2D eigenvalue weighted by Crippen LogP contribution is -2.41. The standard InChI is InChI=1S/C18H20BNO3/c1-17(2)18(3,4)23-19(22-17)14-10-11-15(20-12-14)16(21)13-8-6-5-7-9-13/h5-12H,1-4H3. The molecule has 1 fully saturated rings. The van der Waals surface area contributed by atoms with Crippen molar-refractivity contribution < 1.29 is 14.1 Å². The zero-order valence-corrected chi connectivity index (χ0v) is 13.9. The fourth-order valence-corrected chi connectivity index (χ4v) is 2.40. The van der Waals surface area contributed by atoms with Crippen molar-refractivity contribution in [2.75, 3.05) is 0 Å². The monoisotopic (exact) mass is 309 g/mol. The van der Waals surface area contributed by atoms with E-state index in [4.69, 9.17) is 9.31 Å². The molecule has 0 radical (unpaired) electrons. The maximum atomic E-state index is 12.4.